The van der Waals surface area contributed by atoms with Crippen molar-refractivity contribution in [2.75, 3.05) is 6.54 Å². The van der Waals surface area contributed by atoms with Crippen molar-refractivity contribution in [1.82, 2.24) is 4.57 Å². The molecule has 1 aliphatic rings. The number of nitrogens with zero attached hydrogens (tertiary/aromatic N) is 1. The average Bonchev–Trinajstić information content (AvgIpc) is 2.41. The van der Waals surface area contributed by atoms with E-state index in [-0.39, 0.29) is 0 Å². The highest BCUT2D eigenvalue weighted by Crippen LogP contribution is 2.63. The molecule has 1 aliphatic carbocycles. The van der Waals surface area contributed by atoms with Crippen LogP contribution in [-0.2, 0) is 7.05 Å². The Labute approximate surface area is 79.7 Å². The second kappa shape index (κ2) is 2.61. The molecule has 2 heteroatoms. The molecule has 2 rings (SSSR count). The first kappa shape index (κ1) is 8.82. The monoisotopic (exact) mass is 178 g/mol. The predicted molar refractivity (Wildman–Crippen MR) is 54.5 cm³/mol. The first-order valence-corrected chi connectivity index (χ1v) is 4.90. The first-order valence-electron chi connectivity index (χ1n) is 4.90. The summed E-state index contributed by atoms with van der Waals surface area (Å²) in [5, 5.41) is 0. The second-order valence-corrected chi connectivity index (χ2v) is 4.69. The highest BCUT2D eigenvalue weighted by atomic mass is 15.0. The number of hydrogen-bond acceptors (Lipinski definition) is 1. The minimum Gasteiger partial charge on any atom is -0.354 e. The molecule has 13 heavy (non-hydrogen) atoms. The van der Waals surface area contributed by atoms with E-state index in [1.165, 1.54) is 5.69 Å². The molecule has 1 aromatic rings. The molecule has 0 radical (unpaired) electrons. The zero-order chi connectivity index (χ0) is 9.64. The number of nitrogens with two attached hydrogens (primary N) is 1. The summed E-state index contributed by atoms with van der Waals surface area (Å²) in [6.07, 6.45) is 2.11. The van der Waals surface area contributed by atoms with Gasteiger partial charge in [-0.15, -0.1) is 0 Å². The maximum Gasteiger partial charge on any atom is 0.0211 e. The Morgan fingerprint density at radius 3 is 2.62 bits per heavy atom. The van der Waals surface area contributed by atoms with E-state index in [1.807, 2.05) is 0 Å². The highest BCUT2D eigenvalue weighted by molar-refractivity contribution is 5.27. The minimum atomic E-state index is 0.404. The van der Waals surface area contributed by atoms with Crippen LogP contribution in [0.25, 0.3) is 0 Å². The van der Waals surface area contributed by atoms with Crippen molar-refractivity contribution in [1.29, 1.82) is 0 Å². The Hall–Kier alpha value is -0.760. The van der Waals surface area contributed by atoms with Gasteiger partial charge in [-0.3, -0.25) is 0 Å². The Morgan fingerprint density at radius 1 is 1.54 bits per heavy atom. The summed E-state index contributed by atoms with van der Waals surface area (Å²) in [4.78, 5) is 0. The van der Waals surface area contributed by atoms with Crippen molar-refractivity contribution < 1.29 is 0 Å². The zero-order valence-corrected chi connectivity index (χ0v) is 8.62. The van der Waals surface area contributed by atoms with E-state index in [0.29, 0.717) is 17.3 Å². The van der Waals surface area contributed by atoms with Crippen LogP contribution in [0.15, 0.2) is 18.3 Å². The fourth-order valence-electron chi connectivity index (χ4n) is 2.57. The molecule has 0 aromatic carbocycles. The van der Waals surface area contributed by atoms with Crippen LogP contribution in [-0.4, -0.2) is 11.1 Å². The van der Waals surface area contributed by atoms with E-state index in [1.54, 1.807) is 0 Å². The van der Waals surface area contributed by atoms with E-state index in [9.17, 15) is 0 Å². The van der Waals surface area contributed by atoms with Crippen LogP contribution in [0.5, 0.6) is 0 Å². The summed E-state index contributed by atoms with van der Waals surface area (Å²) < 4.78 is 2.21. The molecule has 0 saturated heterocycles. The largest absolute Gasteiger partial charge is 0.354 e. The number of aromatic nitrogens is 1. The van der Waals surface area contributed by atoms with Gasteiger partial charge in [0, 0.05) is 24.9 Å². The average molecular weight is 178 g/mol. The van der Waals surface area contributed by atoms with Crippen LogP contribution >= 0.6 is 0 Å². The Bertz CT molecular complexity index is 312. The van der Waals surface area contributed by atoms with Crippen molar-refractivity contribution in [2.24, 2.45) is 24.1 Å². The zero-order valence-electron chi connectivity index (χ0n) is 8.62. The summed E-state index contributed by atoms with van der Waals surface area (Å²) in [5.41, 5.74) is 7.58. The van der Waals surface area contributed by atoms with Crippen molar-refractivity contribution in [3.05, 3.63) is 24.0 Å². The van der Waals surface area contributed by atoms with E-state index in [0.717, 1.165) is 6.54 Å². The van der Waals surface area contributed by atoms with Gasteiger partial charge in [-0.1, -0.05) is 13.8 Å². The van der Waals surface area contributed by atoms with Gasteiger partial charge in [-0.05, 0) is 30.0 Å². The normalized spacial score (nSPS) is 30.5. The fraction of sp³-hybridized carbons (Fsp3) is 0.636. The predicted octanol–water partition coefficient (Wildman–Crippen LogP) is 1.72. The van der Waals surface area contributed by atoms with Crippen molar-refractivity contribution in [2.45, 2.75) is 19.8 Å². The summed E-state index contributed by atoms with van der Waals surface area (Å²) >= 11 is 0. The standard InChI is InChI=1S/C11H18N2/c1-11(2)8(7-12)10(11)9-5-4-6-13(9)3/h4-6,8,10H,7,12H2,1-3H3/t8-,10+/m1/s1. The first-order chi connectivity index (χ1) is 6.09. The molecule has 1 heterocycles. The summed E-state index contributed by atoms with van der Waals surface area (Å²) in [7, 11) is 2.11. The van der Waals surface area contributed by atoms with E-state index in [4.69, 9.17) is 5.73 Å². The molecule has 2 N–H and O–H groups in total. The molecule has 2 nitrogen and oxygen atoms in total. The summed E-state index contributed by atoms with van der Waals surface area (Å²) in [5.74, 6) is 1.33. The molecule has 1 fully saturated rings. The van der Waals surface area contributed by atoms with Gasteiger partial charge in [0.25, 0.3) is 0 Å². The third-order valence-electron chi connectivity index (χ3n) is 3.61. The maximum absolute atomic E-state index is 5.75. The molecule has 72 valence electrons. The molecule has 0 spiro atoms. The lowest BCUT2D eigenvalue weighted by Crippen LogP contribution is -2.05. The van der Waals surface area contributed by atoms with Crippen molar-refractivity contribution in [3.8, 4) is 0 Å². The Kier molecular flexibility index (Phi) is 1.77. The van der Waals surface area contributed by atoms with Gasteiger partial charge in [-0.25, -0.2) is 0 Å². The third-order valence-corrected chi connectivity index (χ3v) is 3.61. The van der Waals surface area contributed by atoms with Crippen LogP contribution in [0.1, 0.15) is 25.5 Å². The van der Waals surface area contributed by atoms with Crippen LogP contribution < -0.4 is 5.73 Å². The SMILES string of the molecule is Cn1cccc1[C@@H]1[C@@H](CN)C1(C)C. The fourth-order valence-corrected chi connectivity index (χ4v) is 2.57. The van der Waals surface area contributed by atoms with Gasteiger partial charge in [0.05, 0.1) is 0 Å². The molecular weight excluding hydrogens is 160 g/mol. The van der Waals surface area contributed by atoms with Crippen molar-refractivity contribution in [3.63, 3.8) is 0 Å². The molecule has 1 saturated carbocycles. The smallest absolute Gasteiger partial charge is 0.0211 e. The quantitative estimate of drug-likeness (QED) is 0.734. The molecule has 0 amide bonds. The van der Waals surface area contributed by atoms with E-state index < -0.39 is 0 Å². The number of hydrogen-bond donors (Lipinski definition) is 1. The number of rotatable bonds is 2. The lowest BCUT2D eigenvalue weighted by Gasteiger charge is -2.04. The second-order valence-electron chi connectivity index (χ2n) is 4.69. The lowest BCUT2D eigenvalue weighted by atomic mass is 10.1. The van der Waals surface area contributed by atoms with Gasteiger partial charge in [0.2, 0.25) is 0 Å². The minimum absolute atomic E-state index is 0.404. The van der Waals surface area contributed by atoms with Gasteiger partial charge in [0.1, 0.15) is 0 Å². The summed E-state index contributed by atoms with van der Waals surface area (Å²) in [6, 6.07) is 4.32. The van der Waals surface area contributed by atoms with Crippen LogP contribution in [0, 0.1) is 11.3 Å². The third kappa shape index (κ3) is 1.12. The van der Waals surface area contributed by atoms with E-state index >= 15 is 0 Å². The van der Waals surface area contributed by atoms with Crippen molar-refractivity contribution >= 4 is 0 Å². The summed E-state index contributed by atoms with van der Waals surface area (Å²) in [6.45, 7) is 5.42. The maximum atomic E-state index is 5.75. The molecule has 0 aliphatic heterocycles. The van der Waals surface area contributed by atoms with Crippen LogP contribution in [0.4, 0.5) is 0 Å². The highest BCUT2D eigenvalue weighted by Gasteiger charge is 2.58. The van der Waals surface area contributed by atoms with Gasteiger partial charge in [-0.2, -0.15) is 0 Å². The topological polar surface area (TPSA) is 30.9 Å². The lowest BCUT2D eigenvalue weighted by molar-refractivity contribution is 0.555. The van der Waals surface area contributed by atoms with Crippen LogP contribution in [0.2, 0.25) is 0 Å². The molecule has 0 unspecified atom stereocenters. The van der Waals surface area contributed by atoms with Crippen LogP contribution in [0.3, 0.4) is 0 Å². The van der Waals surface area contributed by atoms with E-state index in [2.05, 4.69) is 43.8 Å². The molecule has 1 aromatic heterocycles. The van der Waals surface area contributed by atoms with Gasteiger partial charge >= 0.3 is 0 Å². The Morgan fingerprint density at radius 2 is 2.23 bits per heavy atom. The van der Waals surface area contributed by atoms with Gasteiger partial charge < -0.3 is 10.3 Å². The molecular formula is C11H18N2. The Balaban J connectivity index is 2.26. The number of aryl methyl sites for hydroxylation is 1. The molecule has 0 bridgehead atoms. The molecule has 2 atom stereocenters. The van der Waals surface area contributed by atoms with Gasteiger partial charge in [0.15, 0.2) is 0 Å².